The third kappa shape index (κ3) is 4.54. The number of thiophene rings is 1. The fourth-order valence-corrected chi connectivity index (χ4v) is 4.98. The predicted octanol–water partition coefficient (Wildman–Crippen LogP) is 6.13. The lowest BCUT2D eigenvalue weighted by Gasteiger charge is -2.32. The molecule has 1 heterocycles. The van der Waals surface area contributed by atoms with Crippen molar-refractivity contribution >= 4 is 25.0 Å². The normalized spacial score (nSPS) is 12.2. The molecule has 28 heavy (non-hydrogen) atoms. The van der Waals surface area contributed by atoms with E-state index in [2.05, 4.69) is 45.9 Å². The zero-order valence-electron chi connectivity index (χ0n) is 18.4. The van der Waals surface area contributed by atoms with Crippen LogP contribution in [0.15, 0.2) is 24.3 Å². The van der Waals surface area contributed by atoms with Gasteiger partial charge in [0.1, 0.15) is 12.4 Å². The number of aryl methyl sites for hydroxylation is 2. The van der Waals surface area contributed by atoms with E-state index in [1.165, 1.54) is 20.9 Å². The van der Waals surface area contributed by atoms with Crippen molar-refractivity contribution in [1.82, 2.24) is 0 Å². The SMILES string of the molecule is [B]Cc1sc(C(CC)(CC)c2ccc(OCC(=O)C(C)(C)C)c(C)c2)cc1C. The second-order valence-electron chi connectivity index (χ2n) is 8.65. The Morgan fingerprint density at radius 1 is 1.07 bits per heavy atom. The van der Waals surface area contributed by atoms with Crippen molar-refractivity contribution in [3.63, 3.8) is 0 Å². The fraction of sp³-hybridized carbons (Fsp3) is 0.542. The Labute approximate surface area is 176 Å². The van der Waals surface area contributed by atoms with Gasteiger partial charge in [0.05, 0.1) is 7.85 Å². The number of carbonyl (C=O) groups excluding carboxylic acids is 1. The minimum atomic E-state index is -0.384. The van der Waals surface area contributed by atoms with Crippen molar-refractivity contribution < 1.29 is 9.53 Å². The van der Waals surface area contributed by atoms with Crippen LogP contribution in [-0.4, -0.2) is 20.2 Å². The van der Waals surface area contributed by atoms with Crippen LogP contribution in [0.3, 0.4) is 0 Å². The van der Waals surface area contributed by atoms with E-state index in [0.717, 1.165) is 24.2 Å². The smallest absolute Gasteiger partial charge is 0.175 e. The summed E-state index contributed by atoms with van der Waals surface area (Å²) >= 11 is 1.84. The summed E-state index contributed by atoms with van der Waals surface area (Å²) in [6.07, 6.45) is 2.64. The third-order valence-corrected chi connectivity index (χ3v) is 7.27. The number of ether oxygens (including phenoxy) is 1. The van der Waals surface area contributed by atoms with Gasteiger partial charge < -0.3 is 4.74 Å². The van der Waals surface area contributed by atoms with Gasteiger partial charge in [0.15, 0.2) is 5.78 Å². The minimum absolute atomic E-state index is 0.0205. The quantitative estimate of drug-likeness (QED) is 0.502. The van der Waals surface area contributed by atoms with Gasteiger partial charge in [0.25, 0.3) is 0 Å². The third-order valence-electron chi connectivity index (χ3n) is 5.81. The molecule has 1 aromatic carbocycles. The van der Waals surface area contributed by atoms with Crippen LogP contribution < -0.4 is 4.74 Å². The first-order valence-corrected chi connectivity index (χ1v) is 11.0. The number of hydrogen-bond donors (Lipinski definition) is 0. The highest BCUT2D eigenvalue weighted by Crippen LogP contribution is 2.44. The second-order valence-corrected chi connectivity index (χ2v) is 9.79. The fourth-order valence-electron chi connectivity index (χ4n) is 3.58. The van der Waals surface area contributed by atoms with E-state index < -0.39 is 0 Å². The zero-order chi connectivity index (χ0) is 21.1. The summed E-state index contributed by atoms with van der Waals surface area (Å²) in [7, 11) is 5.93. The van der Waals surface area contributed by atoms with Crippen LogP contribution in [0.4, 0.5) is 0 Å². The first-order valence-electron chi connectivity index (χ1n) is 10.2. The summed E-state index contributed by atoms with van der Waals surface area (Å²) in [5.74, 6) is 0.892. The Morgan fingerprint density at radius 3 is 2.18 bits per heavy atom. The van der Waals surface area contributed by atoms with Gasteiger partial charge in [-0.15, -0.1) is 11.3 Å². The van der Waals surface area contributed by atoms with Gasteiger partial charge in [-0.2, -0.15) is 0 Å². The molecule has 0 amide bonds. The van der Waals surface area contributed by atoms with Gasteiger partial charge in [-0.05, 0) is 60.4 Å². The van der Waals surface area contributed by atoms with E-state index in [1.54, 1.807) is 0 Å². The first kappa shape index (κ1) is 22.7. The van der Waals surface area contributed by atoms with E-state index in [4.69, 9.17) is 12.6 Å². The summed E-state index contributed by atoms with van der Waals surface area (Å²) < 4.78 is 5.84. The largest absolute Gasteiger partial charge is 0.486 e. The molecule has 2 nitrogen and oxygen atoms in total. The molecule has 0 saturated carbocycles. The highest BCUT2D eigenvalue weighted by molar-refractivity contribution is 7.12. The van der Waals surface area contributed by atoms with Crippen LogP contribution in [0.2, 0.25) is 0 Å². The van der Waals surface area contributed by atoms with Gasteiger partial charge in [-0.25, -0.2) is 0 Å². The maximum absolute atomic E-state index is 12.2. The maximum Gasteiger partial charge on any atom is 0.175 e. The molecule has 2 rings (SSSR count). The van der Waals surface area contributed by atoms with E-state index in [9.17, 15) is 4.79 Å². The lowest BCUT2D eigenvalue weighted by Crippen LogP contribution is -2.27. The van der Waals surface area contributed by atoms with Crippen molar-refractivity contribution in [2.45, 2.75) is 73.0 Å². The number of hydrogen-bond acceptors (Lipinski definition) is 3. The van der Waals surface area contributed by atoms with Crippen LogP contribution in [0.1, 0.15) is 73.9 Å². The van der Waals surface area contributed by atoms with Crippen LogP contribution in [0.5, 0.6) is 5.75 Å². The molecule has 0 aliphatic carbocycles. The molecule has 0 bridgehead atoms. The van der Waals surface area contributed by atoms with Gasteiger partial charge in [0.2, 0.25) is 0 Å². The number of carbonyl (C=O) groups is 1. The lowest BCUT2D eigenvalue weighted by atomic mass is 9.74. The Morgan fingerprint density at radius 2 is 1.71 bits per heavy atom. The van der Waals surface area contributed by atoms with Crippen molar-refractivity contribution in [2.75, 3.05) is 6.61 Å². The Balaban J connectivity index is 2.36. The van der Waals surface area contributed by atoms with E-state index in [0.29, 0.717) is 6.32 Å². The maximum atomic E-state index is 12.2. The van der Waals surface area contributed by atoms with Gasteiger partial charge in [-0.3, -0.25) is 4.79 Å². The average molecular weight is 396 g/mol. The standard InChI is InChI=1S/C24H33BO2S/c1-8-24(9-2,22-13-17(4)20(14-25)28-22)18-10-11-19(16(3)12-18)27-15-21(26)23(5,6)7/h10-13H,8-9,14-15H2,1-7H3. The summed E-state index contributed by atoms with van der Waals surface area (Å²) in [5, 5.41) is 0. The number of Topliss-reactive ketones (excluding diaryl/α,β-unsaturated/α-hetero) is 1. The summed E-state index contributed by atoms with van der Waals surface area (Å²) in [6.45, 7) is 14.6. The summed E-state index contributed by atoms with van der Waals surface area (Å²) in [5.41, 5.74) is 3.25. The molecular weight excluding hydrogens is 363 g/mol. The average Bonchev–Trinajstić information content (AvgIpc) is 3.02. The molecule has 4 heteroatoms. The van der Waals surface area contributed by atoms with E-state index >= 15 is 0 Å². The lowest BCUT2D eigenvalue weighted by molar-refractivity contribution is -0.128. The molecular formula is C24H33BO2S. The van der Waals surface area contributed by atoms with Crippen molar-refractivity contribution in [1.29, 1.82) is 0 Å². The molecule has 1 aromatic heterocycles. The van der Waals surface area contributed by atoms with Crippen LogP contribution in [-0.2, 0) is 16.5 Å². The minimum Gasteiger partial charge on any atom is -0.486 e. The molecule has 2 aromatic rings. The van der Waals surface area contributed by atoms with Crippen LogP contribution >= 0.6 is 11.3 Å². The summed E-state index contributed by atoms with van der Waals surface area (Å²) in [6, 6.07) is 8.71. The molecule has 0 unspecified atom stereocenters. The van der Waals surface area contributed by atoms with Crippen LogP contribution in [0, 0.1) is 19.3 Å². The molecule has 150 valence electrons. The predicted molar refractivity (Wildman–Crippen MR) is 121 cm³/mol. The number of ketones is 1. The molecule has 0 N–H and O–H groups in total. The molecule has 2 radical (unpaired) electrons. The van der Waals surface area contributed by atoms with Crippen molar-refractivity contribution in [3.8, 4) is 5.75 Å². The van der Waals surface area contributed by atoms with Crippen molar-refractivity contribution in [2.24, 2.45) is 5.41 Å². The van der Waals surface area contributed by atoms with Gasteiger partial charge in [0, 0.05) is 15.7 Å². The van der Waals surface area contributed by atoms with E-state index in [1.807, 2.05) is 38.2 Å². The monoisotopic (exact) mass is 396 g/mol. The molecule has 0 atom stereocenters. The topological polar surface area (TPSA) is 26.3 Å². The Bertz CT molecular complexity index is 826. The number of rotatable bonds is 8. The molecule has 0 spiro atoms. The Kier molecular flexibility index (Phi) is 7.19. The van der Waals surface area contributed by atoms with Gasteiger partial charge in [-0.1, -0.05) is 53.1 Å². The molecule has 0 fully saturated rings. The molecule has 0 saturated heterocycles. The van der Waals surface area contributed by atoms with Crippen LogP contribution in [0.25, 0.3) is 0 Å². The molecule has 0 aliphatic rings. The zero-order valence-corrected chi connectivity index (χ0v) is 19.3. The highest BCUT2D eigenvalue weighted by Gasteiger charge is 2.33. The van der Waals surface area contributed by atoms with Crippen molar-refractivity contribution in [3.05, 3.63) is 50.7 Å². The highest BCUT2D eigenvalue weighted by atomic mass is 32.1. The Hall–Kier alpha value is -1.55. The molecule has 0 aliphatic heterocycles. The first-order chi connectivity index (χ1) is 13.1. The second kappa shape index (κ2) is 8.86. The van der Waals surface area contributed by atoms with E-state index in [-0.39, 0.29) is 23.2 Å². The number of benzene rings is 1. The van der Waals surface area contributed by atoms with Gasteiger partial charge >= 0.3 is 0 Å². The summed E-state index contributed by atoms with van der Waals surface area (Å²) in [4.78, 5) is 14.8.